The van der Waals surface area contributed by atoms with E-state index >= 15 is 0 Å². The normalized spacial score (nSPS) is 10.3. The van der Waals surface area contributed by atoms with E-state index < -0.39 is 0 Å². The molecule has 0 aliphatic rings. The van der Waals surface area contributed by atoms with Crippen LogP contribution in [0.25, 0.3) is 11.1 Å². The molecule has 2 amide bonds. The lowest BCUT2D eigenvalue weighted by Crippen LogP contribution is -2.20. The zero-order valence-corrected chi connectivity index (χ0v) is 13.8. The topological polar surface area (TPSA) is 61.4 Å². The van der Waals surface area contributed by atoms with Gasteiger partial charge in [0.15, 0.2) is 0 Å². The highest BCUT2D eigenvalue weighted by Gasteiger charge is 2.06. The van der Waals surface area contributed by atoms with E-state index in [2.05, 4.69) is 10.6 Å². The van der Waals surface area contributed by atoms with E-state index in [9.17, 15) is 4.79 Å². The highest BCUT2D eigenvalue weighted by atomic mass is 16.3. The fourth-order valence-corrected chi connectivity index (χ4v) is 2.64. The number of para-hydroxylation sites is 1. The Hall–Kier alpha value is -3.11. The lowest BCUT2D eigenvalue weighted by molar-refractivity contribution is 0.262. The third kappa shape index (κ3) is 4.46. The molecule has 0 atom stereocenters. The molecule has 0 saturated heterocycles. The fourth-order valence-electron chi connectivity index (χ4n) is 2.64. The molecule has 3 aromatic rings. The van der Waals surface area contributed by atoms with Gasteiger partial charge in [0.05, 0.1) is 0 Å². The predicted molar refractivity (Wildman–Crippen MR) is 102 cm³/mol. The number of hydrogen-bond acceptors (Lipinski definition) is 2. The largest absolute Gasteiger partial charge is 0.396 e. The van der Waals surface area contributed by atoms with Gasteiger partial charge < -0.3 is 15.7 Å². The molecule has 25 heavy (non-hydrogen) atoms. The van der Waals surface area contributed by atoms with Crippen LogP contribution in [0.15, 0.2) is 78.9 Å². The van der Waals surface area contributed by atoms with Crippen molar-refractivity contribution in [1.29, 1.82) is 0 Å². The molecular formula is C21H20N2O2. The molecule has 0 spiro atoms. The lowest BCUT2D eigenvalue weighted by Gasteiger charge is -2.11. The standard InChI is InChI=1S/C21H20N2O2/c24-15-14-18-8-4-5-9-20(18)23-21(25)22-19-12-10-17(11-13-19)16-6-2-1-3-7-16/h1-13,24H,14-15H2,(H2,22,23,25). The monoisotopic (exact) mass is 332 g/mol. The molecule has 3 N–H and O–H groups in total. The molecule has 0 unspecified atom stereocenters. The van der Waals surface area contributed by atoms with Crippen LogP contribution >= 0.6 is 0 Å². The van der Waals surface area contributed by atoms with E-state index in [0.717, 1.165) is 22.4 Å². The third-order valence-electron chi connectivity index (χ3n) is 3.90. The summed E-state index contributed by atoms with van der Waals surface area (Å²) in [5.74, 6) is 0. The predicted octanol–water partition coefficient (Wildman–Crippen LogP) is 4.53. The summed E-state index contributed by atoms with van der Waals surface area (Å²) in [5, 5.41) is 14.8. The van der Waals surface area contributed by atoms with Crippen molar-refractivity contribution < 1.29 is 9.90 Å². The summed E-state index contributed by atoms with van der Waals surface area (Å²) >= 11 is 0. The number of hydrogen-bond donors (Lipinski definition) is 3. The second-order valence-corrected chi connectivity index (χ2v) is 5.65. The van der Waals surface area contributed by atoms with Gasteiger partial charge in [0.25, 0.3) is 0 Å². The summed E-state index contributed by atoms with van der Waals surface area (Å²) in [6, 6.07) is 24.9. The molecule has 3 rings (SSSR count). The third-order valence-corrected chi connectivity index (χ3v) is 3.90. The summed E-state index contributed by atoms with van der Waals surface area (Å²) in [6.45, 7) is 0.0429. The zero-order valence-electron chi connectivity index (χ0n) is 13.8. The van der Waals surface area contributed by atoms with Crippen LogP contribution in [0.1, 0.15) is 5.56 Å². The summed E-state index contributed by atoms with van der Waals surface area (Å²) in [7, 11) is 0. The maximum atomic E-state index is 12.2. The Morgan fingerprint density at radius 1 is 0.760 bits per heavy atom. The number of aliphatic hydroxyl groups excluding tert-OH is 1. The van der Waals surface area contributed by atoms with Crippen LogP contribution in [0.4, 0.5) is 16.2 Å². The van der Waals surface area contributed by atoms with E-state index in [0.29, 0.717) is 12.1 Å². The molecule has 4 nitrogen and oxygen atoms in total. The number of anilines is 2. The van der Waals surface area contributed by atoms with E-state index in [1.165, 1.54) is 0 Å². The maximum Gasteiger partial charge on any atom is 0.323 e. The Morgan fingerprint density at radius 2 is 1.40 bits per heavy atom. The van der Waals surface area contributed by atoms with Crippen LogP contribution in [0.5, 0.6) is 0 Å². The molecule has 0 fully saturated rings. The number of nitrogens with one attached hydrogen (secondary N) is 2. The second kappa shape index (κ2) is 8.13. The molecule has 126 valence electrons. The number of aliphatic hydroxyl groups is 1. The van der Waals surface area contributed by atoms with Gasteiger partial charge in [0.1, 0.15) is 0 Å². The number of carbonyl (C=O) groups excluding carboxylic acids is 1. The van der Waals surface area contributed by atoms with Crippen LogP contribution in [0, 0.1) is 0 Å². The molecular weight excluding hydrogens is 312 g/mol. The number of amides is 2. The number of rotatable bonds is 5. The van der Waals surface area contributed by atoms with Crippen molar-refractivity contribution in [3.8, 4) is 11.1 Å². The van der Waals surface area contributed by atoms with E-state index in [-0.39, 0.29) is 12.6 Å². The van der Waals surface area contributed by atoms with Crippen LogP contribution in [-0.2, 0) is 6.42 Å². The van der Waals surface area contributed by atoms with Crippen molar-refractivity contribution >= 4 is 17.4 Å². The highest BCUT2D eigenvalue weighted by molar-refractivity contribution is 6.00. The molecule has 0 saturated carbocycles. The maximum absolute atomic E-state index is 12.2. The van der Waals surface area contributed by atoms with Gasteiger partial charge in [-0.05, 0) is 41.3 Å². The summed E-state index contributed by atoms with van der Waals surface area (Å²) < 4.78 is 0. The van der Waals surface area contributed by atoms with Crippen molar-refractivity contribution in [3.63, 3.8) is 0 Å². The Balaban J connectivity index is 1.65. The first kappa shape index (κ1) is 16.7. The van der Waals surface area contributed by atoms with Crippen molar-refractivity contribution in [2.45, 2.75) is 6.42 Å². The van der Waals surface area contributed by atoms with E-state index in [4.69, 9.17) is 5.11 Å². The van der Waals surface area contributed by atoms with Crippen LogP contribution < -0.4 is 10.6 Å². The van der Waals surface area contributed by atoms with Gasteiger partial charge >= 0.3 is 6.03 Å². The number of urea groups is 1. The van der Waals surface area contributed by atoms with Gasteiger partial charge in [-0.15, -0.1) is 0 Å². The van der Waals surface area contributed by atoms with Gasteiger partial charge in [-0.3, -0.25) is 0 Å². The van der Waals surface area contributed by atoms with E-state index in [1.807, 2.05) is 78.9 Å². The van der Waals surface area contributed by atoms with Crippen LogP contribution in [0.2, 0.25) is 0 Å². The minimum atomic E-state index is -0.308. The first-order chi connectivity index (χ1) is 12.3. The molecule has 3 aromatic carbocycles. The van der Waals surface area contributed by atoms with Crippen LogP contribution in [0.3, 0.4) is 0 Å². The van der Waals surface area contributed by atoms with Crippen molar-refractivity contribution in [2.75, 3.05) is 17.2 Å². The molecule has 4 heteroatoms. The van der Waals surface area contributed by atoms with Gasteiger partial charge in [-0.1, -0.05) is 60.7 Å². The summed E-state index contributed by atoms with van der Waals surface area (Å²) in [4.78, 5) is 12.2. The van der Waals surface area contributed by atoms with E-state index in [1.54, 1.807) is 0 Å². The first-order valence-electron chi connectivity index (χ1n) is 8.18. The van der Waals surface area contributed by atoms with Gasteiger partial charge in [0, 0.05) is 18.0 Å². The van der Waals surface area contributed by atoms with Gasteiger partial charge in [-0.25, -0.2) is 4.79 Å². The summed E-state index contributed by atoms with van der Waals surface area (Å²) in [5.41, 5.74) is 4.56. The number of carbonyl (C=O) groups is 1. The average Bonchev–Trinajstić information content (AvgIpc) is 2.65. The Kier molecular flexibility index (Phi) is 5.44. The quantitative estimate of drug-likeness (QED) is 0.643. The minimum absolute atomic E-state index is 0.0429. The van der Waals surface area contributed by atoms with Crippen molar-refractivity contribution in [2.24, 2.45) is 0 Å². The Morgan fingerprint density at radius 3 is 2.12 bits per heavy atom. The number of benzene rings is 3. The minimum Gasteiger partial charge on any atom is -0.396 e. The smallest absolute Gasteiger partial charge is 0.323 e. The van der Waals surface area contributed by atoms with Crippen molar-refractivity contribution in [3.05, 3.63) is 84.4 Å². The molecule has 0 aliphatic carbocycles. The van der Waals surface area contributed by atoms with Gasteiger partial charge in [-0.2, -0.15) is 0 Å². The Labute approximate surface area is 147 Å². The fraction of sp³-hybridized carbons (Fsp3) is 0.0952. The molecule has 0 radical (unpaired) electrons. The zero-order chi connectivity index (χ0) is 17.5. The Bertz CT molecular complexity index is 830. The van der Waals surface area contributed by atoms with Crippen molar-refractivity contribution in [1.82, 2.24) is 0 Å². The summed E-state index contributed by atoms with van der Waals surface area (Å²) in [6.07, 6.45) is 0.502. The molecule has 0 heterocycles. The molecule has 0 bridgehead atoms. The molecule has 0 aliphatic heterocycles. The second-order valence-electron chi connectivity index (χ2n) is 5.65. The average molecular weight is 332 g/mol. The van der Waals surface area contributed by atoms with Gasteiger partial charge in [0.2, 0.25) is 0 Å². The highest BCUT2D eigenvalue weighted by Crippen LogP contribution is 2.21. The first-order valence-corrected chi connectivity index (χ1v) is 8.18. The molecule has 0 aromatic heterocycles. The lowest BCUT2D eigenvalue weighted by atomic mass is 10.1. The van der Waals surface area contributed by atoms with Crippen LogP contribution in [-0.4, -0.2) is 17.7 Å². The SMILES string of the molecule is O=C(Nc1ccc(-c2ccccc2)cc1)Nc1ccccc1CCO.